The standard InChI is InChI=1S/C11H15IN2O3/c1-6-3-8(4-7(2)16-6)17-11-9(12)10(15)13-5-14-11/h5-8H,3-4H2,1-2H3,(H,13,14,15). The molecule has 1 fully saturated rings. The van der Waals surface area contributed by atoms with Crippen molar-refractivity contribution in [2.75, 3.05) is 0 Å². The number of H-pyrrole nitrogens is 1. The van der Waals surface area contributed by atoms with E-state index in [2.05, 4.69) is 9.97 Å². The molecule has 1 aromatic rings. The molecule has 0 aliphatic carbocycles. The van der Waals surface area contributed by atoms with Crippen molar-refractivity contribution < 1.29 is 9.47 Å². The predicted octanol–water partition coefficient (Wildman–Crippen LogP) is 1.71. The number of halogens is 1. The first-order valence-electron chi connectivity index (χ1n) is 5.61. The fraction of sp³-hybridized carbons (Fsp3) is 0.636. The topological polar surface area (TPSA) is 64.2 Å². The SMILES string of the molecule is CC1CC(Oc2nc[nH]c(=O)c2I)CC(C)O1. The van der Waals surface area contributed by atoms with Gasteiger partial charge in [0.05, 0.1) is 18.5 Å². The van der Waals surface area contributed by atoms with Crippen molar-refractivity contribution in [3.8, 4) is 5.88 Å². The molecule has 17 heavy (non-hydrogen) atoms. The number of hydrogen-bond donors (Lipinski definition) is 1. The average Bonchev–Trinajstić information content (AvgIpc) is 2.23. The molecule has 0 spiro atoms. The Balaban J connectivity index is 2.10. The summed E-state index contributed by atoms with van der Waals surface area (Å²) < 4.78 is 11.9. The fourth-order valence-corrected chi connectivity index (χ4v) is 2.47. The molecular weight excluding hydrogens is 335 g/mol. The normalized spacial score (nSPS) is 29.0. The number of rotatable bonds is 2. The Morgan fingerprint density at radius 2 is 2.12 bits per heavy atom. The van der Waals surface area contributed by atoms with Gasteiger partial charge in [-0.1, -0.05) is 0 Å². The van der Waals surface area contributed by atoms with Crippen LogP contribution in [0.5, 0.6) is 5.88 Å². The highest BCUT2D eigenvalue weighted by Gasteiger charge is 2.26. The van der Waals surface area contributed by atoms with Gasteiger partial charge >= 0.3 is 0 Å². The van der Waals surface area contributed by atoms with E-state index in [1.54, 1.807) is 0 Å². The van der Waals surface area contributed by atoms with Crippen LogP contribution in [0.3, 0.4) is 0 Å². The minimum absolute atomic E-state index is 0.0663. The Labute approximate surface area is 113 Å². The van der Waals surface area contributed by atoms with Gasteiger partial charge in [0.25, 0.3) is 5.56 Å². The second-order valence-corrected chi connectivity index (χ2v) is 5.40. The van der Waals surface area contributed by atoms with Gasteiger partial charge in [0.1, 0.15) is 9.67 Å². The highest BCUT2D eigenvalue weighted by molar-refractivity contribution is 14.1. The van der Waals surface area contributed by atoms with Gasteiger partial charge in [0.15, 0.2) is 0 Å². The lowest BCUT2D eigenvalue weighted by Crippen LogP contribution is -2.36. The zero-order chi connectivity index (χ0) is 12.4. The summed E-state index contributed by atoms with van der Waals surface area (Å²) in [5.74, 6) is 0.417. The van der Waals surface area contributed by atoms with Crippen molar-refractivity contribution in [3.05, 3.63) is 20.3 Å². The third-order valence-corrected chi connectivity index (χ3v) is 3.65. The number of nitrogens with one attached hydrogen (secondary N) is 1. The summed E-state index contributed by atoms with van der Waals surface area (Å²) in [6, 6.07) is 0. The maximum Gasteiger partial charge on any atom is 0.268 e. The van der Waals surface area contributed by atoms with Crippen LogP contribution in [0.1, 0.15) is 26.7 Å². The molecule has 5 nitrogen and oxygen atoms in total. The van der Waals surface area contributed by atoms with E-state index < -0.39 is 0 Å². The van der Waals surface area contributed by atoms with Crippen LogP contribution in [0.4, 0.5) is 0 Å². The van der Waals surface area contributed by atoms with E-state index in [9.17, 15) is 4.79 Å². The highest BCUT2D eigenvalue weighted by Crippen LogP contribution is 2.24. The molecule has 94 valence electrons. The third kappa shape index (κ3) is 3.19. The first-order chi connectivity index (χ1) is 8.06. The van der Waals surface area contributed by atoms with Crippen LogP contribution < -0.4 is 10.3 Å². The predicted molar refractivity (Wildman–Crippen MR) is 71.2 cm³/mol. The summed E-state index contributed by atoms with van der Waals surface area (Å²) in [6.45, 7) is 4.06. The van der Waals surface area contributed by atoms with Crippen LogP contribution in [0.15, 0.2) is 11.1 Å². The highest BCUT2D eigenvalue weighted by atomic mass is 127. The smallest absolute Gasteiger partial charge is 0.268 e. The van der Waals surface area contributed by atoms with Crippen LogP contribution in [0.25, 0.3) is 0 Å². The Morgan fingerprint density at radius 1 is 1.47 bits per heavy atom. The quantitative estimate of drug-likeness (QED) is 0.825. The van der Waals surface area contributed by atoms with Gasteiger partial charge in [0, 0.05) is 12.8 Å². The van der Waals surface area contributed by atoms with Gasteiger partial charge in [-0.3, -0.25) is 4.79 Å². The van der Waals surface area contributed by atoms with Crippen molar-refractivity contribution in [2.24, 2.45) is 0 Å². The molecule has 2 rings (SSSR count). The number of nitrogens with zero attached hydrogens (tertiary/aromatic N) is 1. The molecule has 0 saturated carbocycles. The number of hydrogen-bond acceptors (Lipinski definition) is 4. The molecule has 0 amide bonds. The van der Waals surface area contributed by atoms with Gasteiger partial charge in [-0.2, -0.15) is 0 Å². The van der Waals surface area contributed by atoms with E-state index in [4.69, 9.17) is 9.47 Å². The Morgan fingerprint density at radius 3 is 2.76 bits per heavy atom. The molecule has 1 aromatic heterocycles. The van der Waals surface area contributed by atoms with E-state index in [1.807, 2.05) is 36.4 Å². The minimum atomic E-state index is -0.163. The van der Waals surface area contributed by atoms with Crippen molar-refractivity contribution in [1.29, 1.82) is 0 Å². The minimum Gasteiger partial charge on any atom is -0.473 e. The third-order valence-electron chi connectivity index (χ3n) is 2.70. The van der Waals surface area contributed by atoms with Gasteiger partial charge in [-0.05, 0) is 36.4 Å². The van der Waals surface area contributed by atoms with Gasteiger partial charge in [-0.15, -0.1) is 0 Å². The van der Waals surface area contributed by atoms with E-state index in [1.165, 1.54) is 6.33 Å². The molecule has 6 heteroatoms. The second kappa shape index (κ2) is 5.34. The number of aromatic amines is 1. The average molecular weight is 350 g/mol. The first-order valence-corrected chi connectivity index (χ1v) is 6.69. The Hall–Kier alpha value is -0.630. The lowest BCUT2D eigenvalue weighted by atomic mass is 10.0. The van der Waals surface area contributed by atoms with Gasteiger partial charge in [-0.25, -0.2) is 4.98 Å². The largest absolute Gasteiger partial charge is 0.473 e. The van der Waals surface area contributed by atoms with Crippen molar-refractivity contribution >= 4 is 22.6 Å². The molecule has 0 bridgehead atoms. The Bertz CT molecular complexity index is 439. The molecular formula is C11H15IN2O3. The summed E-state index contributed by atoms with van der Waals surface area (Å²) in [5, 5.41) is 0. The van der Waals surface area contributed by atoms with Crippen molar-refractivity contribution in [1.82, 2.24) is 9.97 Å². The summed E-state index contributed by atoms with van der Waals surface area (Å²) >= 11 is 1.95. The monoisotopic (exact) mass is 350 g/mol. The van der Waals surface area contributed by atoms with Crippen LogP contribution in [-0.4, -0.2) is 28.3 Å². The van der Waals surface area contributed by atoms with Crippen molar-refractivity contribution in [2.45, 2.75) is 45.0 Å². The van der Waals surface area contributed by atoms with E-state index in [0.717, 1.165) is 12.8 Å². The maximum atomic E-state index is 11.4. The lowest BCUT2D eigenvalue weighted by molar-refractivity contribution is -0.0731. The Kier molecular flexibility index (Phi) is 4.03. The molecule has 1 saturated heterocycles. The molecule has 2 heterocycles. The van der Waals surface area contributed by atoms with Crippen LogP contribution in [0.2, 0.25) is 0 Å². The van der Waals surface area contributed by atoms with E-state index in [-0.39, 0.29) is 23.9 Å². The summed E-state index contributed by atoms with van der Waals surface area (Å²) in [7, 11) is 0. The fourth-order valence-electron chi connectivity index (χ4n) is 2.05. The molecule has 0 aromatic carbocycles. The summed E-state index contributed by atoms with van der Waals surface area (Å²) in [4.78, 5) is 18.0. The van der Waals surface area contributed by atoms with Crippen LogP contribution in [0, 0.1) is 3.57 Å². The van der Waals surface area contributed by atoms with Gasteiger partial charge < -0.3 is 14.5 Å². The molecule has 0 radical (unpaired) electrons. The summed E-state index contributed by atoms with van der Waals surface area (Å²) in [5.41, 5.74) is -0.163. The summed E-state index contributed by atoms with van der Waals surface area (Å²) in [6.07, 6.45) is 3.46. The van der Waals surface area contributed by atoms with E-state index in [0.29, 0.717) is 9.45 Å². The maximum absolute atomic E-state index is 11.4. The van der Waals surface area contributed by atoms with Crippen LogP contribution >= 0.6 is 22.6 Å². The molecule has 1 N–H and O–H groups in total. The zero-order valence-electron chi connectivity index (χ0n) is 9.77. The van der Waals surface area contributed by atoms with Crippen LogP contribution in [-0.2, 0) is 4.74 Å². The second-order valence-electron chi connectivity index (χ2n) is 4.32. The zero-order valence-corrected chi connectivity index (χ0v) is 11.9. The number of ether oxygens (including phenoxy) is 2. The lowest BCUT2D eigenvalue weighted by Gasteiger charge is -2.31. The van der Waals surface area contributed by atoms with Gasteiger partial charge in [0.2, 0.25) is 5.88 Å². The van der Waals surface area contributed by atoms with Crippen molar-refractivity contribution in [3.63, 3.8) is 0 Å². The van der Waals surface area contributed by atoms with E-state index >= 15 is 0 Å². The molecule has 2 unspecified atom stereocenters. The molecule has 1 aliphatic heterocycles. The molecule has 2 atom stereocenters. The molecule has 1 aliphatic rings. The number of aromatic nitrogens is 2. The first kappa shape index (κ1) is 12.8.